The molecule has 3 rings (SSSR count). The number of hydrogen-bond donors (Lipinski definition) is 2. The van der Waals surface area contributed by atoms with E-state index in [1.165, 1.54) is 12.2 Å². The second kappa shape index (κ2) is 12.2. The first-order valence-corrected chi connectivity index (χ1v) is 11.6. The van der Waals surface area contributed by atoms with E-state index in [2.05, 4.69) is 42.5 Å². The molecule has 0 fully saturated rings. The maximum Gasteiger partial charge on any atom is 0.244 e. The van der Waals surface area contributed by atoms with Gasteiger partial charge in [0.25, 0.3) is 0 Å². The van der Waals surface area contributed by atoms with E-state index in [0.717, 1.165) is 31.2 Å². The minimum atomic E-state index is -0.151. The molecule has 32 heavy (non-hydrogen) atoms. The SMILES string of the molecule is O=C(/C=C/c1ccc(Br)cc1)NCc1ccc(CNC(=O)/C=C/c2ccc(Br)cc2)cc1. The van der Waals surface area contributed by atoms with Crippen molar-refractivity contribution in [3.63, 3.8) is 0 Å². The van der Waals surface area contributed by atoms with Crippen LogP contribution in [-0.2, 0) is 22.7 Å². The van der Waals surface area contributed by atoms with Crippen molar-refractivity contribution in [1.82, 2.24) is 10.6 Å². The van der Waals surface area contributed by atoms with E-state index < -0.39 is 0 Å². The predicted molar refractivity (Wildman–Crippen MR) is 136 cm³/mol. The predicted octanol–water partition coefficient (Wildman–Crippen LogP) is 5.87. The highest BCUT2D eigenvalue weighted by Gasteiger charge is 2.00. The summed E-state index contributed by atoms with van der Waals surface area (Å²) >= 11 is 6.77. The highest BCUT2D eigenvalue weighted by molar-refractivity contribution is 9.10. The molecule has 0 spiro atoms. The van der Waals surface area contributed by atoms with Crippen molar-refractivity contribution in [2.45, 2.75) is 13.1 Å². The first-order chi connectivity index (χ1) is 15.5. The monoisotopic (exact) mass is 552 g/mol. The van der Waals surface area contributed by atoms with E-state index in [1.54, 1.807) is 12.2 Å². The number of carbonyl (C=O) groups is 2. The van der Waals surface area contributed by atoms with Gasteiger partial charge in [-0.15, -0.1) is 0 Å². The fourth-order valence-electron chi connectivity index (χ4n) is 2.76. The Morgan fingerprint density at radius 3 is 1.28 bits per heavy atom. The first kappa shape index (κ1) is 23.7. The Balaban J connectivity index is 1.41. The quantitative estimate of drug-likeness (QED) is 0.343. The average Bonchev–Trinajstić information content (AvgIpc) is 2.81. The Labute approximate surface area is 204 Å². The molecule has 0 heterocycles. The standard InChI is InChI=1S/C26H22Br2N2O2/c27-23-11-5-19(6-12-23)9-15-25(31)29-17-21-1-2-22(4-3-21)18-30-26(32)16-10-20-7-13-24(28)14-8-20/h1-16H,17-18H2,(H,29,31)(H,30,32)/b15-9+,16-10+. The molecule has 0 aliphatic heterocycles. The molecular weight excluding hydrogens is 532 g/mol. The molecule has 0 aliphatic rings. The molecule has 0 aromatic heterocycles. The Kier molecular flexibility index (Phi) is 9.01. The summed E-state index contributed by atoms with van der Waals surface area (Å²) in [5.74, 6) is -0.302. The maximum absolute atomic E-state index is 12.0. The van der Waals surface area contributed by atoms with Gasteiger partial charge in [0.15, 0.2) is 0 Å². The normalized spacial score (nSPS) is 11.1. The van der Waals surface area contributed by atoms with Crippen LogP contribution in [0.3, 0.4) is 0 Å². The van der Waals surface area contributed by atoms with Gasteiger partial charge in [0.05, 0.1) is 0 Å². The van der Waals surface area contributed by atoms with Crippen molar-refractivity contribution in [3.05, 3.63) is 116 Å². The van der Waals surface area contributed by atoms with Gasteiger partial charge in [0.1, 0.15) is 0 Å². The van der Waals surface area contributed by atoms with Crippen molar-refractivity contribution in [2.75, 3.05) is 0 Å². The molecule has 0 radical (unpaired) electrons. The minimum Gasteiger partial charge on any atom is -0.348 e. The van der Waals surface area contributed by atoms with Gasteiger partial charge in [0, 0.05) is 34.2 Å². The number of hydrogen-bond acceptors (Lipinski definition) is 2. The van der Waals surface area contributed by atoms with Gasteiger partial charge in [-0.05, 0) is 58.7 Å². The number of amides is 2. The molecular formula is C26H22Br2N2O2. The van der Waals surface area contributed by atoms with Crippen LogP contribution in [0, 0.1) is 0 Å². The summed E-state index contributed by atoms with van der Waals surface area (Å²) in [6.07, 6.45) is 6.60. The van der Waals surface area contributed by atoms with Crippen LogP contribution in [0.25, 0.3) is 12.2 Å². The van der Waals surface area contributed by atoms with E-state index in [4.69, 9.17) is 0 Å². The van der Waals surface area contributed by atoms with Crippen molar-refractivity contribution in [2.24, 2.45) is 0 Å². The third kappa shape index (κ3) is 8.29. The van der Waals surface area contributed by atoms with E-state index in [9.17, 15) is 9.59 Å². The topological polar surface area (TPSA) is 58.2 Å². The zero-order chi connectivity index (χ0) is 22.8. The smallest absolute Gasteiger partial charge is 0.244 e. The van der Waals surface area contributed by atoms with Gasteiger partial charge in [-0.25, -0.2) is 0 Å². The second-order valence-electron chi connectivity index (χ2n) is 7.02. The Bertz CT molecular complexity index is 1010. The van der Waals surface area contributed by atoms with Crippen LogP contribution in [-0.4, -0.2) is 11.8 Å². The number of nitrogens with one attached hydrogen (secondary N) is 2. The lowest BCUT2D eigenvalue weighted by atomic mass is 10.1. The molecule has 0 saturated carbocycles. The van der Waals surface area contributed by atoms with Gasteiger partial charge < -0.3 is 10.6 Å². The molecule has 0 aliphatic carbocycles. The lowest BCUT2D eigenvalue weighted by molar-refractivity contribution is -0.117. The summed E-state index contributed by atoms with van der Waals surface area (Å²) in [6, 6.07) is 23.2. The molecule has 6 heteroatoms. The van der Waals surface area contributed by atoms with E-state index >= 15 is 0 Å². The van der Waals surface area contributed by atoms with Crippen LogP contribution in [0.15, 0.2) is 93.9 Å². The zero-order valence-electron chi connectivity index (χ0n) is 17.2. The fraction of sp³-hybridized carbons (Fsp3) is 0.0769. The van der Waals surface area contributed by atoms with Gasteiger partial charge in [-0.1, -0.05) is 80.4 Å². The van der Waals surface area contributed by atoms with Gasteiger partial charge in [-0.3, -0.25) is 9.59 Å². The van der Waals surface area contributed by atoms with Gasteiger partial charge in [0.2, 0.25) is 11.8 Å². The average molecular weight is 554 g/mol. The lowest BCUT2D eigenvalue weighted by Crippen LogP contribution is -2.21. The van der Waals surface area contributed by atoms with Crippen LogP contribution in [0.5, 0.6) is 0 Å². The van der Waals surface area contributed by atoms with Crippen molar-refractivity contribution < 1.29 is 9.59 Å². The van der Waals surface area contributed by atoms with Crippen LogP contribution in [0.1, 0.15) is 22.3 Å². The van der Waals surface area contributed by atoms with E-state index in [0.29, 0.717) is 13.1 Å². The third-order valence-electron chi connectivity index (χ3n) is 4.55. The Hall–Kier alpha value is -2.96. The second-order valence-corrected chi connectivity index (χ2v) is 8.85. The molecule has 162 valence electrons. The first-order valence-electron chi connectivity index (χ1n) is 9.99. The molecule has 2 N–H and O–H groups in total. The Morgan fingerprint density at radius 1 is 0.594 bits per heavy atom. The van der Waals surface area contributed by atoms with Crippen molar-refractivity contribution in [3.8, 4) is 0 Å². The summed E-state index contributed by atoms with van der Waals surface area (Å²) < 4.78 is 2.00. The summed E-state index contributed by atoms with van der Waals surface area (Å²) in [4.78, 5) is 24.0. The molecule has 2 amide bonds. The van der Waals surface area contributed by atoms with Crippen LogP contribution >= 0.6 is 31.9 Å². The van der Waals surface area contributed by atoms with Crippen molar-refractivity contribution >= 4 is 55.8 Å². The molecule has 0 saturated heterocycles. The molecule has 0 unspecified atom stereocenters. The molecule has 3 aromatic carbocycles. The molecule has 3 aromatic rings. The van der Waals surface area contributed by atoms with E-state index in [1.807, 2.05) is 72.8 Å². The summed E-state index contributed by atoms with van der Waals surface area (Å²) in [7, 11) is 0. The Morgan fingerprint density at radius 2 is 0.938 bits per heavy atom. The molecule has 0 bridgehead atoms. The lowest BCUT2D eigenvalue weighted by Gasteiger charge is -2.06. The fourth-order valence-corrected chi connectivity index (χ4v) is 3.29. The number of carbonyl (C=O) groups excluding carboxylic acids is 2. The number of halogens is 2. The van der Waals surface area contributed by atoms with Crippen LogP contribution in [0.2, 0.25) is 0 Å². The molecule has 4 nitrogen and oxygen atoms in total. The van der Waals surface area contributed by atoms with E-state index in [-0.39, 0.29) is 11.8 Å². The summed E-state index contributed by atoms with van der Waals surface area (Å²) in [5.41, 5.74) is 3.89. The highest BCUT2D eigenvalue weighted by Crippen LogP contribution is 2.12. The van der Waals surface area contributed by atoms with Gasteiger partial charge in [-0.2, -0.15) is 0 Å². The number of benzene rings is 3. The summed E-state index contributed by atoms with van der Waals surface area (Å²) in [6.45, 7) is 0.873. The molecule has 0 atom stereocenters. The maximum atomic E-state index is 12.0. The van der Waals surface area contributed by atoms with Crippen LogP contribution in [0.4, 0.5) is 0 Å². The largest absolute Gasteiger partial charge is 0.348 e. The van der Waals surface area contributed by atoms with Crippen molar-refractivity contribution in [1.29, 1.82) is 0 Å². The number of rotatable bonds is 8. The van der Waals surface area contributed by atoms with Crippen LogP contribution < -0.4 is 10.6 Å². The third-order valence-corrected chi connectivity index (χ3v) is 5.61. The highest BCUT2D eigenvalue weighted by atomic mass is 79.9. The summed E-state index contributed by atoms with van der Waals surface area (Å²) in [5, 5.41) is 5.74. The minimum absolute atomic E-state index is 0.151. The van der Waals surface area contributed by atoms with Gasteiger partial charge >= 0.3 is 0 Å². The zero-order valence-corrected chi connectivity index (χ0v) is 20.4.